The van der Waals surface area contributed by atoms with Crippen LogP contribution in [-0.4, -0.2) is 70.2 Å². The van der Waals surface area contributed by atoms with Crippen molar-refractivity contribution < 1.29 is 22.8 Å². The molecule has 3 heterocycles. The van der Waals surface area contributed by atoms with Crippen molar-refractivity contribution in [3.8, 4) is 17.0 Å². The molecule has 0 radical (unpaired) electrons. The number of pyridine rings is 1. The van der Waals surface area contributed by atoms with E-state index in [0.717, 1.165) is 25.2 Å². The number of nitrogens with two attached hydrogens (primary N) is 1. The van der Waals surface area contributed by atoms with Crippen molar-refractivity contribution in [1.29, 1.82) is 0 Å². The maximum absolute atomic E-state index is 14.5. The molecule has 1 aliphatic rings. The highest BCUT2D eigenvalue weighted by Gasteiger charge is 2.28. The predicted octanol–water partition coefficient (Wildman–Crippen LogP) is 3.12. The van der Waals surface area contributed by atoms with Crippen LogP contribution in [0.1, 0.15) is 0 Å². The average Bonchev–Trinajstić information content (AvgIpc) is 2.93. The fourth-order valence-electron chi connectivity index (χ4n) is 4.63. The Morgan fingerprint density at radius 1 is 1.12 bits per heavy atom. The summed E-state index contributed by atoms with van der Waals surface area (Å²) in [5.41, 5.74) is 8.05. The molecule has 2 aromatic carbocycles. The van der Waals surface area contributed by atoms with Crippen LogP contribution in [0.4, 0.5) is 20.4 Å². The molecule has 1 aliphatic heterocycles. The average molecular weight is 574 g/mol. The van der Waals surface area contributed by atoms with Gasteiger partial charge in [-0.15, -0.1) is 0 Å². The zero-order valence-corrected chi connectivity index (χ0v) is 22.9. The van der Waals surface area contributed by atoms with E-state index in [4.69, 9.17) is 19.8 Å². The van der Waals surface area contributed by atoms with E-state index >= 15 is 0 Å². The van der Waals surface area contributed by atoms with Crippen molar-refractivity contribution in [2.75, 3.05) is 56.7 Å². The lowest BCUT2D eigenvalue weighted by Crippen LogP contribution is -2.39. The summed E-state index contributed by atoms with van der Waals surface area (Å²) < 4.78 is 52.0. The number of nitrogen functional groups attached to an aromatic ring is 1. The van der Waals surface area contributed by atoms with Crippen LogP contribution in [-0.2, 0) is 11.3 Å². The van der Waals surface area contributed by atoms with E-state index in [2.05, 4.69) is 19.6 Å². The molecule has 0 saturated carbocycles. The molecule has 40 heavy (non-hydrogen) atoms. The minimum Gasteiger partial charge on any atom is -0.479 e. The van der Waals surface area contributed by atoms with Gasteiger partial charge in [0, 0.05) is 44.0 Å². The summed E-state index contributed by atoms with van der Waals surface area (Å²) in [4.78, 5) is 24.5. The lowest BCUT2D eigenvalue weighted by atomic mass is 10.1. The number of ether oxygens (including phenoxy) is 2. The summed E-state index contributed by atoms with van der Waals surface area (Å²) in [5.74, 6) is -1.17. The van der Waals surface area contributed by atoms with Gasteiger partial charge < -0.3 is 19.8 Å². The third kappa shape index (κ3) is 5.72. The van der Waals surface area contributed by atoms with Gasteiger partial charge in [0.1, 0.15) is 22.2 Å². The molecule has 0 amide bonds. The van der Waals surface area contributed by atoms with Crippen LogP contribution in [0, 0.1) is 11.6 Å². The maximum Gasteiger partial charge on any atom is 0.262 e. The molecule has 1 atom stereocenters. The quantitative estimate of drug-likeness (QED) is 0.308. The first-order valence-corrected chi connectivity index (χ1v) is 14.6. The van der Waals surface area contributed by atoms with E-state index in [-0.39, 0.29) is 22.3 Å². The summed E-state index contributed by atoms with van der Waals surface area (Å²) in [6, 6.07) is 10.1. The monoisotopic (exact) mass is 573 g/mol. The lowest BCUT2D eigenvalue weighted by Gasteiger charge is -2.27. The van der Waals surface area contributed by atoms with Gasteiger partial charge in [-0.3, -0.25) is 19.0 Å². The first-order valence-electron chi connectivity index (χ1n) is 12.6. The SMILES string of the molecule is COc1ncc(-c2ccc3nc(N)n(CCN4CCOCC4)c(=O)c3c2)cc1NS(C)([OH2+])c1ccc(F)cc1F. The van der Waals surface area contributed by atoms with Gasteiger partial charge in [-0.1, -0.05) is 6.07 Å². The van der Waals surface area contributed by atoms with E-state index in [0.29, 0.717) is 54.0 Å². The number of anilines is 2. The summed E-state index contributed by atoms with van der Waals surface area (Å²) in [7, 11) is -1.27. The predicted molar refractivity (Wildman–Crippen MR) is 153 cm³/mol. The second kappa shape index (κ2) is 11.4. The highest BCUT2D eigenvalue weighted by molar-refractivity contribution is 8.29. The second-order valence-corrected chi connectivity index (χ2v) is 12.0. The Morgan fingerprint density at radius 3 is 2.62 bits per heavy atom. The van der Waals surface area contributed by atoms with Gasteiger partial charge in [-0.2, -0.15) is 0 Å². The summed E-state index contributed by atoms with van der Waals surface area (Å²) >= 11 is 0. The van der Waals surface area contributed by atoms with Crippen molar-refractivity contribution >= 4 is 33.0 Å². The number of nitrogens with one attached hydrogen (secondary N) is 1. The number of aromatic nitrogens is 3. The number of benzene rings is 2. The van der Waals surface area contributed by atoms with Crippen molar-refractivity contribution in [2.24, 2.45) is 0 Å². The van der Waals surface area contributed by atoms with Crippen LogP contribution in [0.3, 0.4) is 0 Å². The molecule has 1 unspecified atom stereocenters. The Balaban J connectivity index is 1.47. The molecule has 1 fully saturated rings. The van der Waals surface area contributed by atoms with E-state index in [1.165, 1.54) is 24.0 Å². The number of hydrogen-bond acceptors (Lipinski definition) is 8. The van der Waals surface area contributed by atoms with Crippen LogP contribution in [0.5, 0.6) is 5.88 Å². The topological polar surface area (TPSA) is 130 Å². The molecular formula is C27H31F2N6O4S+. The van der Waals surface area contributed by atoms with Gasteiger partial charge in [0.15, 0.2) is 0 Å². The van der Waals surface area contributed by atoms with E-state index in [1.54, 1.807) is 30.5 Å². The first kappa shape index (κ1) is 27.8. The minimum atomic E-state index is -2.71. The highest BCUT2D eigenvalue weighted by Crippen LogP contribution is 2.51. The summed E-state index contributed by atoms with van der Waals surface area (Å²) in [6.07, 6.45) is 3.11. The fourth-order valence-corrected chi connectivity index (χ4v) is 6.11. The molecule has 1 saturated heterocycles. The van der Waals surface area contributed by atoms with Crippen molar-refractivity contribution in [3.05, 3.63) is 70.6 Å². The molecule has 212 valence electrons. The first-order chi connectivity index (χ1) is 19.2. The summed E-state index contributed by atoms with van der Waals surface area (Å²) in [6.45, 7) is 3.98. The molecule has 5 N–H and O–H groups in total. The van der Waals surface area contributed by atoms with E-state index in [1.807, 2.05) is 0 Å². The molecule has 0 spiro atoms. The number of hydrogen-bond donors (Lipinski definition) is 2. The maximum atomic E-state index is 14.5. The van der Waals surface area contributed by atoms with E-state index < -0.39 is 22.1 Å². The van der Waals surface area contributed by atoms with Crippen LogP contribution in [0.15, 0.2) is 58.4 Å². The Kier molecular flexibility index (Phi) is 7.90. The molecule has 0 bridgehead atoms. The standard InChI is InChI=1S/C27H30F2N6O4S/c1-38-25-23(33-40(2,37)24-6-4-19(28)15-21(24)29)14-18(16-31-25)17-3-5-22-20(13-17)26(36)35(27(30)32-22)8-7-34-9-11-39-12-10-34/h3-6,13-16,33,37H,7-12H2,1-2H3,(H2,30,32)/p+1. The Morgan fingerprint density at radius 2 is 1.90 bits per heavy atom. The van der Waals surface area contributed by atoms with Crippen molar-refractivity contribution in [1.82, 2.24) is 19.4 Å². The van der Waals surface area contributed by atoms with Gasteiger partial charge in [0.05, 0.1) is 48.0 Å². The number of halogens is 2. The van der Waals surface area contributed by atoms with Crippen molar-refractivity contribution in [3.63, 3.8) is 0 Å². The molecule has 13 heteroatoms. The lowest BCUT2D eigenvalue weighted by molar-refractivity contribution is 0.0363. The van der Waals surface area contributed by atoms with Crippen molar-refractivity contribution in [2.45, 2.75) is 11.4 Å². The number of methoxy groups -OCH3 is 1. The van der Waals surface area contributed by atoms with E-state index in [9.17, 15) is 13.6 Å². The van der Waals surface area contributed by atoms with Crippen LogP contribution >= 0.6 is 10.5 Å². The number of fused-ring (bicyclic) bond motifs is 1. The Labute approximate surface area is 231 Å². The molecule has 0 aliphatic carbocycles. The zero-order chi connectivity index (χ0) is 28.4. The molecule has 4 aromatic rings. The third-order valence-corrected chi connectivity index (χ3v) is 8.59. The molecule has 5 rings (SSSR count). The van der Waals surface area contributed by atoms with Crippen LogP contribution < -0.4 is 20.8 Å². The number of rotatable bonds is 8. The van der Waals surface area contributed by atoms with Gasteiger partial charge in [0.25, 0.3) is 5.56 Å². The van der Waals surface area contributed by atoms with Gasteiger partial charge in [-0.25, -0.2) is 18.7 Å². The molecular weight excluding hydrogens is 542 g/mol. The normalized spacial score (nSPS) is 16.4. The number of morpholine rings is 1. The fraction of sp³-hybridized carbons (Fsp3) is 0.296. The van der Waals surface area contributed by atoms with Crippen LogP contribution in [0.2, 0.25) is 0 Å². The van der Waals surface area contributed by atoms with Gasteiger partial charge >= 0.3 is 0 Å². The molecule has 10 nitrogen and oxygen atoms in total. The summed E-state index contributed by atoms with van der Waals surface area (Å²) in [5, 5.41) is 0.406. The van der Waals surface area contributed by atoms with Crippen LogP contribution in [0.25, 0.3) is 22.0 Å². The Bertz CT molecular complexity index is 1610. The van der Waals surface area contributed by atoms with Gasteiger partial charge in [-0.05, 0) is 35.9 Å². The second-order valence-electron chi connectivity index (χ2n) is 9.49. The minimum absolute atomic E-state index is 0.0355. The largest absolute Gasteiger partial charge is 0.479 e. The third-order valence-electron chi connectivity index (χ3n) is 6.75. The molecule has 2 aromatic heterocycles. The number of nitrogens with zero attached hydrogens (tertiary/aromatic N) is 4. The zero-order valence-electron chi connectivity index (χ0n) is 22.1. The smallest absolute Gasteiger partial charge is 0.262 e. The Hall–Kier alpha value is -3.78. The van der Waals surface area contributed by atoms with Gasteiger partial charge in [0.2, 0.25) is 11.8 Å². The highest BCUT2D eigenvalue weighted by atomic mass is 32.3.